The first-order chi connectivity index (χ1) is 12.7. The molecule has 26 heavy (non-hydrogen) atoms. The minimum absolute atomic E-state index is 0.0973. The van der Waals surface area contributed by atoms with Crippen molar-refractivity contribution in [2.24, 2.45) is 0 Å². The number of H-pyrrole nitrogens is 1. The Morgan fingerprint density at radius 1 is 1.23 bits per heavy atom. The summed E-state index contributed by atoms with van der Waals surface area (Å²) in [5, 5.41) is 11.4. The van der Waals surface area contributed by atoms with Gasteiger partial charge in [0.05, 0.1) is 0 Å². The van der Waals surface area contributed by atoms with Crippen molar-refractivity contribution >= 4 is 5.91 Å². The van der Waals surface area contributed by atoms with Gasteiger partial charge in [-0.1, -0.05) is 30.3 Å². The van der Waals surface area contributed by atoms with Gasteiger partial charge in [-0.15, -0.1) is 10.2 Å². The summed E-state index contributed by atoms with van der Waals surface area (Å²) in [6.45, 7) is 2.72. The molecule has 3 aromatic rings. The zero-order valence-electron chi connectivity index (χ0n) is 14.9. The summed E-state index contributed by atoms with van der Waals surface area (Å²) in [5.74, 6) is 2.03. The lowest BCUT2D eigenvalue weighted by Gasteiger charge is -2.24. The Bertz CT molecular complexity index is 896. The summed E-state index contributed by atoms with van der Waals surface area (Å²) in [4.78, 5) is 15.7. The highest BCUT2D eigenvalue weighted by Gasteiger charge is 2.22. The molecule has 0 fully saturated rings. The summed E-state index contributed by atoms with van der Waals surface area (Å²) in [6, 6.07) is 14.5. The van der Waals surface area contributed by atoms with Crippen LogP contribution in [-0.2, 0) is 24.2 Å². The van der Waals surface area contributed by atoms with Gasteiger partial charge in [0.25, 0.3) is 0 Å². The fourth-order valence-electron chi connectivity index (χ4n) is 3.50. The summed E-state index contributed by atoms with van der Waals surface area (Å²) in [5.41, 5.74) is 3.33. The Hall–Kier alpha value is -2.89. The SMILES string of the molecule is Cc1nnc2n1C[C@@H](NC(=O)CCc1ccc(-c3ccccc3)[nH]1)CC2. The third-order valence-electron chi connectivity index (χ3n) is 4.95. The van der Waals surface area contributed by atoms with Gasteiger partial charge in [0.2, 0.25) is 5.91 Å². The van der Waals surface area contributed by atoms with Crippen molar-refractivity contribution < 1.29 is 4.79 Å². The van der Waals surface area contributed by atoms with Crippen molar-refractivity contribution in [2.45, 2.75) is 45.2 Å². The van der Waals surface area contributed by atoms with Crippen molar-refractivity contribution in [3.05, 3.63) is 59.8 Å². The number of carbonyl (C=O) groups excluding carboxylic acids is 1. The Morgan fingerprint density at radius 3 is 2.92 bits per heavy atom. The predicted octanol–water partition coefficient (Wildman–Crippen LogP) is 2.65. The number of aromatic nitrogens is 4. The highest BCUT2D eigenvalue weighted by Crippen LogP contribution is 2.19. The number of nitrogens with one attached hydrogen (secondary N) is 2. The number of carbonyl (C=O) groups is 1. The lowest BCUT2D eigenvalue weighted by atomic mass is 10.1. The van der Waals surface area contributed by atoms with Crippen LogP contribution in [0.15, 0.2) is 42.5 Å². The van der Waals surface area contributed by atoms with Crippen molar-refractivity contribution in [1.82, 2.24) is 25.1 Å². The first kappa shape index (κ1) is 16.6. The molecule has 1 aliphatic rings. The Labute approximate surface area is 152 Å². The second-order valence-corrected chi connectivity index (χ2v) is 6.84. The fourth-order valence-corrected chi connectivity index (χ4v) is 3.50. The summed E-state index contributed by atoms with van der Waals surface area (Å²) >= 11 is 0. The zero-order chi connectivity index (χ0) is 17.9. The van der Waals surface area contributed by atoms with E-state index in [1.807, 2.05) is 25.1 Å². The maximum absolute atomic E-state index is 12.3. The largest absolute Gasteiger partial charge is 0.358 e. The average Bonchev–Trinajstić information content (AvgIpc) is 3.28. The molecule has 0 spiro atoms. The third kappa shape index (κ3) is 3.54. The van der Waals surface area contributed by atoms with Crippen LogP contribution in [0.4, 0.5) is 0 Å². The minimum atomic E-state index is 0.0973. The number of aryl methyl sites for hydroxylation is 3. The van der Waals surface area contributed by atoms with Crippen molar-refractivity contribution in [1.29, 1.82) is 0 Å². The highest BCUT2D eigenvalue weighted by atomic mass is 16.1. The molecule has 0 saturated heterocycles. The van der Waals surface area contributed by atoms with E-state index in [0.29, 0.717) is 12.8 Å². The summed E-state index contributed by atoms with van der Waals surface area (Å²) in [7, 11) is 0. The molecule has 2 N–H and O–H groups in total. The number of hydrogen-bond acceptors (Lipinski definition) is 3. The molecule has 1 aromatic carbocycles. The lowest BCUT2D eigenvalue weighted by molar-refractivity contribution is -0.122. The molecule has 1 amide bonds. The molecule has 4 rings (SSSR count). The van der Waals surface area contributed by atoms with E-state index in [2.05, 4.69) is 49.3 Å². The number of nitrogens with zero attached hydrogens (tertiary/aromatic N) is 3. The molecule has 0 radical (unpaired) electrons. The summed E-state index contributed by atoms with van der Waals surface area (Å²) in [6.07, 6.45) is 2.98. The van der Waals surface area contributed by atoms with Crippen LogP contribution in [0.3, 0.4) is 0 Å². The van der Waals surface area contributed by atoms with E-state index >= 15 is 0 Å². The van der Waals surface area contributed by atoms with Crippen LogP contribution in [0.5, 0.6) is 0 Å². The summed E-state index contributed by atoms with van der Waals surface area (Å²) < 4.78 is 2.10. The van der Waals surface area contributed by atoms with Gasteiger partial charge in [-0.2, -0.15) is 0 Å². The van der Waals surface area contributed by atoms with Gasteiger partial charge in [0, 0.05) is 36.8 Å². The van der Waals surface area contributed by atoms with Crippen molar-refractivity contribution in [3.63, 3.8) is 0 Å². The average molecular weight is 349 g/mol. The number of benzene rings is 1. The molecule has 2 aromatic heterocycles. The molecular weight excluding hydrogens is 326 g/mol. The van der Waals surface area contributed by atoms with Gasteiger partial charge >= 0.3 is 0 Å². The van der Waals surface area contributed by atoms with Crippen LogP contribution in [0, 0.1) is 6.92 Å². The van der Waals surface area contributed by atoms with Crippen LogP contribution >= 0.6 is 0 Å². The maximum atomic E-state index is 12.3. The lowest BCUT2D eigenvalue weighted by Crippen LogP contribution is -2.41. The first-order valence-corrected chi connectivity index (χ1v) is 9.10. The Balaban J connectivity index is 1.30. The van der Waals surface area contributed by atoms with Crippen LogP contribution in [0.2, 0.25) is 0 Å². The smallest absolute Gasteiger partial charge is 0.220 e. The quantitative estimate of drug-likeness (QED) is 0.743. The number of rotatable bonds is 5. The van der Waals surface area contributed by atoms with Crippen LogP contribution in [0.1, 0.15) is 30.2 Å². The maximum Gasteiger partial charge on any atom is 0.220 e. The van der Waals surface area contributed by atoms with Gasteiger partial charge in [-0.25, -0.2) is 0 Å². The molecular formula is C20H23N5O. The van der Waals surface area contributed by atoms with E-state index in [1.165, 1.54) is 0 Å². The van der Waals surface area contributed by atoms with Crippen LogP contribution in [-0.4, -0.2) is 31.7 Å². The Kier molecular flexibility index (Phi) is 4.56. The van der Waals surface area contributed by atoms with Gasteiger partial charge in [0.1, 0.15) is 11.6 Å². The van der Waals surface area contributed by atoms with E-state index in [-0.39, 0.29) is 11.9 Å². The monoisotopic (exact) mass is 349 g/mol. The second kappa shape index (κ2) is 7.15. The third-order valence-corrected chi connectivity index (χ3v) is 4.95. The van der Waals surface area contributed by atoms with Crippen LogP contribution < -0.4 is 5.32 Å². The number of aromatic amines is 1. The molecule has 1 atom stereocenters. The molecule has 134 valence electrons. The number of amides is 1. The van der Waals surface area contributed by atoms with Gasteiger partial charge in [0.15, 0.2) is 0 Å². The van der Waals surface area contributed by atoms with Gasteiger partial charge in [-0.05, 0) is 37.5 Å². The van der Waals surface area contributed by atoms with Gasteiger partial charge in [-0.3, -0.25) is 4.79 Å². The molecule has 0 saturated carbocycles. The molecule has 1 aliphatic heterocycles. The Morgan fingerprint density at radius 2 is 2.08 bits per heavy atom. The van der Waals surface area contributed by atoms with E-state index < -0.39 is 0 Å². The van der Waals surface area contributed by atoms with Crippen LogP contribution in [0.25, 0.3) is 11.3 Å². The van der Waals surface area contributed by atoms with E-state index in [9.17, 15) is 4.79 Å². The molecule has 3 heterocycles. The first-order valence-electron chi connectivity index (χ1n) is 9.10. The predicted molar refractivity (Wildman–Crippen MR) is 99.6 cm³/mol. The topological polar surface area (TPSA) is 75.6 Å². The standard InChI is InChI=1S/C20H23N5O/c1-14-23-24-19-11-8-17(13-25(14)19)22-20(26)12-9-16-7-10-18(21-16)15-5-3-2-4-6-15/h2-7,10,17,21H,8-9,11-13H2,1H3,(H,22,26)/t17-/m0/s1. The highest BCUT2D eigenvalue weighted by molar-refractivity contribution is 5.76. The second-order valence-electron chi connectivity index (χ2n) is 6.84. The van der Waals surface area contributed by atoms with Crippen molar-refractivity contribution in [2.75, 3.05) is 0 Å². The zero-order valence-corrected chi connectivity index (χ0v) is 14.9. The van der Waals surface area contributed by atoms with Crippen molar-refractivity contribution in [3.8, 4) is 11.3 Å². The molecule has 6 heteroatoms. The van der Waals surface area contributed by atoms with E-state index in [0.717, 1.165) is 48.0 Å². The molecule has 0 aliphatic carbocycles. The number of fused-ring (bicyclic) bond motifs is 1. The molecule has 0 unspecified atom stereocenters. The van der Waals surface area contributed by atoms with E-state index in [4.69, 9.17) is 0 Å². The fraction of sp³-hybridized carbons (Fsp3) is 0.350. The molecule has 6 nitrogen and oxygen atoms in total. The van der Waals surface area contributed by atoms with E-state index in [1.54, 1.807) is 0 Å². The normalized spacial score (nSPS) is 16.3. The number of hydrogen-bond donors (Lipinski definition) is 2. The minimum Gasteiger partial charge on any atom is -0.358 e. The molecule has 0 bridgehead atoms. The van der Waals surface area contributed by atoms with Gasteiger partial charge < -0.3 is 14.9 Å².